The van der Waals surface area contributed by atoms with Gasteiger partial charge in [0, 0.05) is 12.5 Å². The smallest absolute Gasteiger partial charge is 0.220 e. The van der Waals surface area contributed by atoms with Gasteiger partial charge in [-0.2, -0.15) is 0 Å². The van der Waals surface area contributed by atoms with Gasteiger partial charge in [-0.25, -0.2) is 0 Å². The number of carbonyl (C=O) groups is 1. The maximum absolute atomic E-state index is 11.5. The normalized spacial score (nSPS) is 33.6. The predicted molar refractivity (Wildman–Crippen MR) is 56.8 cm³/mol. The zero-order valence-corrected chi connectivity index (χ0v) is 8.83. The summed E-state index contributed by atoms with van der Waals surface area (Å²) in [5.74, 6) is 1.62. The zero-order chi connectivity index (χ0) is 9.97. The van der Waals surface area contributed by atoms with E-state index in [1.54, 1.807) is 0 Å². The Kier molecular flexibility index (Phi) is 2.90. The first-order valence-electron chi connectivity index (χ1n) is 5.77. The number of nitrogens with one attached hydrogen (secondary N) is 1. The van der Waals surface area contributed by atoms with Gasteiger partial charge in [-0.1, -0.05) is 25.5 Å². The van der Waals surface area contributed by atoms with Crippen LogP contribution in [0.2, 0.25) is 0 Å². The molecule has 0 saturated heterocycles. The molecular weight excluding hydrogens is 174 g/mol. The quantitative estimate of drug-likeness (QED) is 0.682. The Balaban J connectivity index is 1.76. The summed E-state index contributed by atoms with van der Waals surface area (Å²) in [4.78, 5) is 11.5. The third-order valence-electron chi connectivity index (χ3n) is 3.38. The van der Waals surface area contributed by atoms with E-state index < -0.39 is 0 Å². The van der Waals surface area contributed by atoms with Crippen LogP contribution in [0.5, 0.6) is 0 Å². The van der Waals surface area contributed by atoms with Crippen LogP contribution in [0.25, 0.3) is 0 Å². The van der Waals surface area contributed by atoms with Crippen molar-refractivity contribution in [2.75, 3.05) is 0 Å². The van der Waals surface area contributed by atoms with E-state index in [-0.39, 0.29) is 5.91 Å². The molecule has 0 radical (unpaired) electrons. The summed E-state index contributed by atoms with van der Waals surface area (Å²) in [6, 6.07) is 0.439. The van der Waals surface area contributed by atoms with Crippen molar-refractivity contribution < 1.29 is 4.79 Å². The molecule has 1 fully saturated rings. The molecule has 14 heavy (non-hydrogen) atoms. The second-order valence-electron chi connectivity index (χ2n) is 4.56. The fraction of sp³-hybridized carbons (Fsp3) is 0.750. The van der Waals surface area contributed by atoms with Gasteiger partial charge >= 0.3 is 0 Å². The topological polar surface area (TPSA) is 29.1 Å². The highest BCUT2D eigenvalue weighted by atomic mass is 16.1. The summed E-state index contributed by atoms with van der Waals surface area (Å²) in [5, 5.41) is 3.15. The second kappa shape index (κ2) is 4.16. The molecule has 0 spiro atoms. The Bertz CT molecular complexity index is 247. The summed E-state index contributed by atoms with van der Waals surface area (Å²) < 4.78 is 0. The fourth-order valence-corrected chi connectivity index (χ4v) is 2.56. The largest absolute Gasteiger partial charge is 0.353 e. The van der Waals surface area contributed by atoms with Gasteiger partial charge in [-0.05, 0) is 31.1 Å². The molecule has 2 aliphatic rings. The average Bonchev–Trinajstić information content (AvgIpc) is 2.76. The van der Waals surface area contributed by atoms with E-state index in [1.165, 1.54) is 12.8 Å². The fourth-order valence-electron chi connectivity index (χ4n) is 2.56. The lowest BCUT2D eigenvalue weighted by atomic mass is 10.0. The Labute approximate surface area is 85.8 Å². The highest BCUT2D eigenvalue weighted by Crippen LogP contribution is 2.38. The number of unbranched alkanes of at least 4 members (excludes halogenated alkanes) is 1. The van der Waals surface area contributed by atoms with Gasteiger partial charge in [0.15, 0.2) is 0 Å². The number of hydrogen-bond acceptors (Lipinski definition) is 1. The highest BCUT2D eigenvalue weighted by Gasteiger charge is 2.36. The molecule has 2 aliphatic carbocycles. The van der Waals surface area contributed by atoms with E-state index in [0.29, 0.717) is 18.4 Å². The lowest BCUT2D eigenvalue weighted by molar-refractivity contribution is -0.122. The van der Waals surface area contributed by atoms with E-state index in [9.17, 15) is 4.79 Å². The van der Waals surface area contributed by atoms with Gasteiger partial charge in [0.1, 0.15) is 0 Å². The summed E-state index contributed by atoms with van der Waals surface area (Å²) in [7, 11) is 0. The van der Waals surface area contributed by atoms with Crippen LogP contribution in [-0.4, -0.2) is 11.9 Å². The molecule has 1 saturated carbocycles. The van der Waals surface area contributed by atoms with Crippen molar-refractivity contribution in [1.82, 2.24) is 5.32 Å². The maximum atomic E-state index is 11.5. The average molecular weight is 193 g/mol. The lowest BCUT2D eigenvalue weighted by Crippen LogP contribution is -2.37. The first-order valence-corrected chi connectivity index (χ1v) is 5.77. The molecule has 0 aromatic rings. The van der Waals surface area contributed by atoms with Crippen LogP contribution in [0.4, 0.5) is 0 Å². The van der Waals surface area contributed by atoms with Crippen molar-refractivity contribution >= 4 is 5.91 Å². The zero-order valence-electron chi connectivity index (χ0n) is 8.83. The summed E-state index contributed by atoms with van der Waals surface area (Å²) >= 11 is 0. The van der Waals surface area contributed by atoms with Crippen molar-refractivity contribution in [1.29, 1.82) is 0 Å². The van der Waals surface area contributed by atoms with Crippen LogP contribution in [-0.2, 0) is 4.79 Å². The molecule has 2 nitrogen and oxygen atoms in total. The van der Waals surface area contributed by atoms with E-state index >= 15 is 0 Å². The van der Waals surface area contributed by atoms with Crippen LogP contribution in [0, 0.1) is 11.8 Å². The lowest BCUT2D eigenvalue weighted by Gasteiger charge is -2.19. The molecule has 3 atom stereocenters. The Morgan fingerprint density at radius 2 is 2.29 bits per heavy atom. The third kappa shape index (κ3) is 1.99. The summed E-state index contributed by atoms with van der Waals surface area (Å²) in [6.07, 6.45) is 9.83. The Morgan fingerprint density at radius 3 is 2.86 bits per heavy atom. The maximum Gasteiger partial charge on any atom is 0.220 e. The van der Waals surface area contributed by atoms with Crippen LogP contribution in [0.1, 0.15) is 39.0 Å². The Hall–Kier alpha value is -0.790. The van der Waals surface area contributed by atoms with Crippen molar-refractivity contribution in [3.05, 3.63) is 12.2 Å². The molecule has 0 heterocycles. The van der Waals surface area contributed by atoms with Gasteiger partial charge in [-0.15, -0.1) is 0 Å². The van der Waals surface area contributed by atoms with Crippen molar-refractivity contribution in [3.63, 3.8) is 0 Å². The minimum Gasteiger partial charge on any atom is -0.353 e. The van der Waals surface area contributed by atoms with Crippen LogP contribution < -0.4 is 5.32 Å². The van der Waals surface area contributed by atoms with Crippen LogP contribution in [0.15, 0.2) is 12.2 Å². The van der Waals surface area contributed by atoms with Crippen molar-refractivity contribution in [3.8, 4) is 0 Å². The molecule has 0 aliphatic heterocycles. The molecular formula is C12H19NO. The van der Waals surface area contributed by atoms with Crippen molar-refractivity contribution in [2.45, 2.75) is 45.1 Å². The Morgan fingerprint density at radius 1 is 1.43 bits per heavy atom. The molecule has 0 aromatic heterocycles. The minimum absolute atomic E-state index is 0.248. The van der Waals surface area contributed by atoms with Gasteiger partial charge in [0.05, 0.1) is 0 Å². The van der Waals surface area contributed by atoms with Crippen LogP contribution >= 0.6 is 0 Å². The monoisotopic (exact) mass is 193 g/mol. The molecule has 0 aromatic carbocycles. The predicted octanol–water partition coefficient (Wildman–Crippen LogP) is 2.26. The number of hydrogen-bond donors (Lipinski definition) is 1. The third-order valence-corrected chi connectivity index (χ3v) is 3.38. The summed E-state index contributed by atoms with van der Waals surface area (Å²) in [6.45, 7) is 2.12. The number of carbonyl (C=O) groups excluding carboxylic acids is 1. The number of fused-ring (bicyclic) bond motifs is 2. The van der Waals surface area contributed by atoms with E-state index in [2.05, 4.69) is 24.4 Å². The van der Waals surface area contributed by atoms with E-state index in [4.69, 9.17) is 0 Å². The molecule has 78 valence electrons. The van der Waals surface area contributed by atoms with Crippen molar-refractivity contribution in [2.24, 2.45) is 11.8 Å². The van der Waals surface area contributed by atoms with Gasteiger partial charge in [-0.3, -0.25) is 4.79 Å². The molecule has 1 amide bonds. The van der Waals surface area contributed by atoms with E-state index in [0.717, 1.165) is 18.8 Å². The second-order valence-corrected chi connectivity index (χ2v) is 4.56. The first-order chi connectivity index (χ1) is 6.79. The minimum atomic E-state index is 0.248. The first kappa shape index (κ1) is 9.75. The summed E-state index contributed by atoms with van der Waals surface area (Å²) in [5.41, 5.74) is 0. The van der Waals surface area contributed by atoms with Gasteiger partial charge in [0.2, 0.25) is 5.91 Å². The van der Waals surface area contributed by atoms with Gasteiger partial charge < -0.3 is 5.32 Å². The number of allylic oxidation sites excluding steroid dienone is 1. The molecule has 3 unspecified atom stereocenters. The molecule has 2 heteroatoms. The van der Waals surface area contributed by atoms with E-state index in [1.807, 2.05) is 0 Å². The molecule has 2 rings (SSSR count). The molecule has 1 N–H and O–H groups in total. The van der Waals surface area contributed by atoms with Crippen LogP contribution in [0.3, 0.4) is 0 Å². The number of rotatable bonds is 4. The standard InChI is InChI=1S/C12H19NO/c1-2-3-4-12(14)13-11-8-9-5-6-10(11)7-9/h5-6,9-11H,2-4,7-8H2,1H3,(H,13,14). The number of amides is 1. The SMILES string of the molecule is CCCCC(=O)NC1CC2C=CC1C2. The molecule has 2 bridgehead atoms. The highest BCUT2D eigenvalue weighted by molar-refractivity contribution is 5.76. The van der Waals surface area contributed by atoms with Gasteiger partial charge in [0.25, 0.3) is 0 Å².